The first-order valence-electron chi connectivity index (χ1n) is 24.7. The Morgan fingerprint density at radius 2 is 0.556 bits per heavy atom. The molecule has 10 aromatic carbocycles. The molecule has 0 saturated carbocycles. The highest BCUT2D eigenvalue weighted by atomic mass is 15.1. The summed E-state index contributed by atoms with van der Waals surface area (Å²) in [6.45, 7) is 6.53. The fourth-order valence-corrected chi connectivity index (χ4v) is 10.5. The number of para-hydroxylation sites is 2. The van der Waals surface area contributed by atoms with Crippen molar-refractivity contribution in [3.05, 3.63) is 248 Å². The summed E-state index contributed by atoms with van der Waals surface area (Å²) >= 11 is 0. The highest BCUT2D eigenvalue weighted by Gasteiger charge is 2.26. The van der Waals surface area contributed by atoms with E-state index in [0.717, 1.165) is 50.4 Å². The Morgan fingerprint density at radius 1 is 0.278 bits per heavy atom. The number of hydrogen-bond acceptors (Lipinski definition) is 3. The fraction of sp³-hybridized carbons (Fsp3) is 0.0597. The van der Waals surface area contributed by atoms with Gasteiger partial charge in [-0.25, -0.2) is 15.0 Å². The number of hydrogen-bond donors (Lipinski definition) is 0. The summed E-state index contributed by atoms with van der Waals surface area (Å²) in [7, 11) is 0. The van der Waals surface area contributed by atoms with Gasteiger partial charge in [-0.1, -0.05) is 191 Å². The minimum Gasteiger partial charge on any atom is -0.309 e. The van der Waals surface area contributed by atoms with E-state index in [4.69, 9.17) is 15.0 Å². The Bertz CT molecular complexity index is 3710. The van der Waals surface area contributed by atoms with Crippen LogP contribution in [-0.4, -0.2) is 24.1 Å². The molecule has 0 aliphatic rings. The van der Waals surface area contributed by atoms with E-state index in [9.17, 15) is 0 Å². The number of fused-ring (bicyclic) bond motifs is 6. The highest BCUT2D eigenvalue weighted by molar-refractivity contribution is 6.13. The molecule has 0 saturated heterocycles. The first-order valence-corrected chi connectivity index (χ1v) is 24.7. The van der Waals surface area contributed by atoms with Crippen molar-refractivity contribution < 1.29 is 0 Å². The van der Waals surface area contributed by atoms with E-state index >= 15 is 0 Å². The molecule has 0 radical (unpaired) electrons. The maximum atomic E-state index is 5.51. The first-order chi connectivity index (χ1) is 35.3. The molecule has 5 heteroatoms. The zero-order valence-electron chi connectivity index (χ0n) is 40.3. The first kappa shape index (κ1) is 42.9. The maximum absolute atomic E-state index is 5.51. The number of benzene rings is 10. The van der Waals surface area contributed by atoms with Crippen molar-refractivity contribution in [3.63, 3.8) is 0 Å². The molecule has 3 heterocycles. The lowest BCUT2D eigenvalue weighted by atomic mass is 9.95. The van der Waals surface area contributed by atoms with Gasteiger partial charge < -0.3 is 9.13 Å². The van der Waals surface area contributed by atoms with Crippen LogP contribution in [0.3, 0.4) is 0 Å². The lowest BCUT2D eigenvalue weighted by Crippen LogP contribution is -2.18. The topological polar surface area (TPSA) is 48.5 Å². The minimum atomic E-state index is -0.390. The quantitative estimate of drug-likeness (QED) is 0.153. The largest absolute Gasteiger partial charge is 0.309 e. The van der Waals surface area contributed by atoms with Crippen molar-refractivity contribution >= 4 is 43.6 Å². The SMILES string of the molecule is CC(C)(C)c1nc(-c2ccccc2-n2c3ccc(-c4ccccc4)cc3c3cc(-c4ccccc4)ccc32)nc(-c2ccccc2-n2c3ccc(-c4ccccc4)cc3c3cc(-c4ccccc4)ccc32)n1. The summed E-state index contributed by atoms with van der Waals surface area (Å²) in [6, 6.07) is 87.1. The molecule has 0 bridgehead atoms. The third kappa shape index (κ3) is 7.46. The molecule has 13 rings (SSSR count). The summed E-state index contributed by atoms with van der Waals surface area (Å²) in [5.74, 6) is 1.96. The van der Waals surface area contributed by atoms with Crippen LogP contribution in [0.2, 0.25) is 0 Å². The molecule has 0 spiro atoms. The monoisotopic (exact) mass is 923 g/mol. The van der Waals surface area contributed by atoms with Gasteiger partial charge in [0.05, 0.1) is 33.4 Å². The number of nitrogens with zero attached hydrogens (tertiary/aromatic N) is 5. The van der Waals surface area contributed by atoms with Gasteiger partial charge in [0.2, 0.25) is 0 Å². The van der Waals surface area contributed by atoms with Gasteiger partial charge in [0, 0.05) is 38.1 Å². The molecule has 0 atom stereocenters. The van der Waals surface area contributed by atoms with Crippen molar-refractivity contribution in [2.45, 2.75) is 26.2 Å². The summed E-state index contributed by atoms with van der Waals surface area (Å²) in [6.07, 6.45) is 0. The molecule has 342 valence electrons. The van der Waals surface area contributed by atoms with E-state index in [1.54, 1.807) is 0 Å². The minimum absolute atomic E-state index is 0.390. The molecule has 0 aliphatic heterocycles. The van der Waals surface area contributed by atoms with E-state index in [-0.39, 0.29) is 5.41 Å². The van der Waals surface area contributed by atoms with Crippen LogP contribution in [0, 0.1) is 0 Å². The van der Waals surface area contributed by atoms with E-state index in [1.807, 2.05) is 0 Å². The normalized spacial score (nSPS) is 11.8. The summed E-state index contributed by atoms with van der Waals surface area (Å²) in [4.78, 5) is 16.2. The fourth-order valence-electron chi connectivity index (χ4n) is 10.5. The lowest BCUT2D eigenvalue weighted by molar-refractivity contribution is 0.543. The van der Waals surface area contributed by atoms with Crippen molar-refractivity contribution in [2.75, 3.05) is 0 Å². The second kappa shape index (κ2) is 17.3. The molecular formula is C67H49N5. The Kier molecular flexibility index (Phi) is 10.3. The van der Waals surface area contributed by atoms with E-state index in [2.05, 4.69) is 273 Å². The smallest absolute Gasteiger partial charge is 0.165 e. The molecule has 0 N–H and O–H groups in total. The standard InChI is InChI=1S/C67H49N5/c1-67(2,3)66-69-64(52-28-16-18-30-58(52)71-60-36-32-48(44-20-8-4-9-21-44)40-54(60)55-41-49(33-37-61(55)71)45-22-10-5-11-23-45)68-65(70-66)53-29-17-19-31-59(53)72-62-38-34-50(46-24-12-6-13-25-46)42-56(62)57-43-51(35-39-63(57)72)47-26-14-7-15-27-47/h4-43H,1-3H3. The Labute approximate surface area is 419 Å². The molecule has 0 aliphatic carbocycles. The van der Waals surface area contributed by atoms with Crippen molar-refractivity contribution in [1.29, 1.82) is 0 Å². The molecule has 0 amide bonds. The molecule has 3 aromatic heterocycles. The third-order valence-corrected chi connectivity index (χ3v) is 14.0. The Hall–Kier alpha value is -9.19. The third-order valence-electron chi connectivity index (χ3n) is 14.0. The lowest BCUT2D eigenvalue weighted by Gasteiger charge is -2.20. The Morgan fingerprint density at radius 3 is 0.847 bits per heavy atom. The van der Waals surface area contributed by atoms with Crippen LogP contribution in [0.4, 0.5) is 0 Å². The van der Waals surface area contributed by atoms with Gasteiger partial charge in [-0.15, -0.1) is 0 Å². The van der Waals surface area contributed by atoms with Gasteiger partial charge in [-0.2, -0.15) is 0 Å². The van der Waals surface area contributed by atoms with Gasteiger partial charge in [0.15, 0.2) is 11.6 Å². The summed E-state index contributed by atoms with van der Waals surface area (Å²) in [5.41, 5.74) is 17.3. The van der Waals surface area contributed by atoms with Crippen LogP contribution in [-0.2, 0) is 5.41 Å². The van der Waals surface area contributed by atoms with Crippen LogP contribution < -0.4 is 0 Å². The van der Waals surface area contributed by atoms with Crippen LogP contribution >= 0.6 is 0 Å². The van der Waals surface area contributed by atoms with Crippen molar-refractivity contribution in [3.8, 4) is 78.7 Å². The predicted octanol–water partition coefficient (Wildman–Crippen LogP) is 17.4. The van der Waals surface area contributed by atoms with Gasteiger partial charge >= 0.3 is 0 Å². The van der Waals surface area contributed by atoms with E-state index in [0.29, 0.717) is 11.6 Å². The number of aromatic nitrogens is 5. The average Bonchev–Trinajstić information content (AvgIpc) is 3.94. The molecule has 5 nitrogen and oxygen atoms in total. The molecule has 0 fully saturated rings. The second-order valence-electron chi connectivity index (χ2n) is 19.7. The predicted molar refractivity (Wildman–Crippen MR) is 300 cm³/mol. The van der Waals surface area contributed by atoms with Gasteiger partial charge in [0.1, 0.15) is 5.82 Å². The zero-order chi connectivity index (χ0) is 48.3. The molecule has 0 unspecified atom stereocenters. The van der Waals surface area contributed by atoms with Crippen molar-refractivity contribution in [1.82, 2.24) is 24.1 Å². The van der Waals surface area contributed by atoms with Crippen LogP contribution in [0.1, 0.15) is 26.6 Å². The highest BCUT2D eigenvalue weighted by Crippen LogP contribution is 2.42. The second-order valence-corrected chi connectivity index (χ2v) is 19.7. The number of rotatable bonds is 8. The zero-order valence-corrected chi connectivity index (χ0v) is 40.3. The molecular weight excluding hydrogens is 875 g/mol. The van der Waals surface area contributed by atoms with Crippen LogP contribution in [0.25, 0.3) is 122 Å². The molecule has 72 heavy (non-hydrogen) atoms. The van der Waals surface area contributed by atoms with Gasteiger partial charge in [-0.05, 0) is 117 Å². The van der Waals surface area contributed by atoms with Gasteiger partial charge in [-0.3, -0.25) is 0 Å². The Balaban J connectivity index is 1.02. The molecule has 13 aromatic rings. The van der Waals surface area contributed by atoms with Gasteiger partial charge in [0.25, 0.3) is 0 Å². The average molecular weight is 924 g/mol. The van der Waals surface area contributed by atoms with Crippen LogP contribution in [0.5, 0.6) is 0 Å². The van der Waals surface area contributed by atoms with Crippen molar-refractivity contribution in [2.24, 2.45) is 0 Å². The maximum Gasteiger partial charge on any atom is 0.165 e. The van der Waals surface area contributed by atoms with E-state index in [1.165, 1.54) is 66.1 Å². The summed E-state index contributed by atoms with van der Waals surface area (Å²) < 4.78 is 4.78. The van der Waals surface area contributed by atoms with Crippen LogP contribution in [0.15, 0.2) is 243 Å². The van der Waals surface area contributed by atoms with E-state index < -0.39 is 0 Å². The summed E-state index contributed by atoms with van der Waals surface area (Å²) in [5, 5.41) is 4.71.